The number of rotatable bonds is 1. The fourth-order valence-electron chi connectivity index (χ4n) is 2.59. The van der Waals surface area contributed by atoms with Crippen LogP contribution in [0.15, 0.2) is 24.3 Å². The van der Waals surface area contributed by atoms with Gasteiger partial charge < -0.3 is 10.1 Å². The summed E-state index contributed by atoms with van der Waals surface area (Å²) in [7, 11) is 0. The summed E-state index contributed by atoms with van der Waals surface area (Å²) in [6.07, 6.45) is 1.30. The van der Waals surface area contributed by atoms with Gasteiger partial charge in [-0.25, -0.2) is 0 Å². The van der Waals surface area contributed by atoms with Gasteiger partial charge in [0, 0.05) is 0 Å². The van der Waals surface area contributed by atoms with Gasteiger partial charge in [0.2, 0.25) is 5.91 Å². The number of hydrogen-bond donors (Lipinski definition) is 1. The number of nitrogens with one attached hydrogen (secondary N) is 1. The normalized spacial score (nSPS) is 25.9. The van der Waals surface area contributed by atoms with Crippen LogP contribution in [0.25, 0.3) is 0 Å². The molecule has 2 aliphatic rings. The highest BCUT2D eigenvalue weighted by molar-refractivity contribution is 6.11. The first kappa shape index (κ1) is 12.2. The second-order valence-corrected chi connectivity index (χ2v) is 5.00. The van der Waals surface area contributed by atoms with Crippen molar-refractivity contribution in [2.45, 2.75) is 32.0 Å². The first-order valence-electron chi connectivity index (χ1n) is 6.51. The Morgan fingerprint density at radius 1 is 1.37 bits per heavy atom. The van der Waals surface area contributed by atoms with E-state index in [1.165, 1.54) is 4.90 Å². The number of benzene rings is 1. The number of carbonyl (C=O) groups is 2. The first-order chi connectivity index (χ1) is 9.15. The Kier molecular flexibility index (Phi) is 2.98. The van der Waals surface area contributed by atoms with E-state index in [2.05, 4.69) is 5.32 Å². The van der Waals surface area contributed by atoms with E-state index < -0.39 is 6.10 Å². The molecule has 1 saturated heterocycles. The Hall–Kier alpha value is -1.88. The third-order valence-corrected chi connectivity index (χ3v) is 3.54. The minimum Gasteiger partial charge on any atom is -0.365 e. The van der Waals surface area contributed by atoms with Crippen LogP contribution >= 0.6 is 0 Å². The summed E-state index contributed by atoms with van der Waals surface area (Å²) in [5.74, 6) is -0.287. The van der Waals surface area contributed by atoms with E-state index in [0.29, 0.717) is 5.69 Å². The van der Waals surface area contributed by atoms with Gasteiger partial charge >= 0.3 is 0 Å². The quantitative estimate of drug-likeness (QED) is 0.833. The Morgan fingerprint density at radius 2 is 2.16 bits per heavy atom. The Morgan fingerprint density at radius 3 is 2.89 bits per heavy atom. The third-order valence-electron chi connectivity index (χ3n) is 3.54. The van der Waals surface area contributed by atoms with Crippen LogP contribution in [0.5, 0.6) is 0 Å². The molecular formula is C14H16N2O3. The van der Waals surface area contributed by atoms with Crippen LogP contribution in [0.3, 0.4) is 0 Å². The Labute approximate surface area is 111 Å². The number of fused-ring (bicyclic) bond motifs is 1. The summed E-state index contributed by atoms with van der Waals surface area (Å²) in [6, 6.07) is 7.33. The monoisotopic (exact) mass is 260 g/mol. The highest BCUT2D eigenvalue weighted by Gasteiger charge is 2.35. The second kappa shape index (κ2) is 4.66. The van der Waals surface area contributed by atoms with Crippen LogP contribution in [-0.4, -0.2) is 30.6 Å². The lowest BCUT2D eigenvalue weighted by atomic mass is 10.1. The number of amides is 2. The number of hydrogen-bond acceptors (Lipinski definition) is 3. The van der Waals surface area contributed by atoms with Gasteiger partial charge in [-0.2, -0.15) is 0 Å². The van der Waals surface area contributed by atoms with Crippen LogP contribution in [-0.2, 0) is 14.3 Å². The van der Waals surface area contributed by atoms with E-state index in [1.54, 1.807) is 6.07 Å². The van der Waals surface area contributed by atoms with Crippen molar-refractivity contribution in [3.63, 3.8) is 0 Å². The van der Waals surface area contributed by atoms with Crippen molar-refractivity contribution < 1.29 is 14.3 Å². The molecule has 2 atom stereocenters. The van der Waals surface area contributed by atoms with Gasteiger partial charge in [-0.1, -0.05) is 12.1 Å². The molecule has 19 heavy (non-hydrogen) atoms. The summed E-state index contributed by atoms with van der Waals surface area (Å²) in [4.78, 5) is 25.7. The first-order valence-corrected chi connectivity index (χ1v) is 6.51. The number of anilines is 2. The zero-order valence-electron chi connectivity index (χ0n) is 10.8. The van der Waals surface area contributed by atoms with Gasteiger partial charge in [0.1, 0.15) is 12.6 Å². The fraction of sp³-hybridized carbons (Fsp3) is 0.429. The molecule has 0 radical (unpaired) electrons. The van der Waals surface area contributed by atoms with E-state index in [1.807, 2.05) is 25.1 Å². The maximum Gasteiger partial charge on any atom is 0.256 e. The predicted octanol–water partition coefficient (Wildman–Crippen LogP) is 1.54. The van der Waals surface area contributed by atoms with Gasteiger partial charge in [-0.05, 0) is 31.9 Å². The van der Waals surface area contributed by atoms with Crippen molar-refractivity contribution in [1.82, 2.24) is 0 Å². The summed E-state index contributed by atoms with van der Waals surface area (Å²) in [5, 5.41) is 2.77. The number of para-hydroxylation sites is 2. The van der Waals surface area contributed by atoms with Gasteiger partial charge in [0.05, 0.1) is 17.5 Å². The highest BCUT2D eigenvalue weighted by Crippen LogP contribution is 2.31. The van der Waals surface area contributed by atoms with E-state index in [4.69, 9.17) is 4.74 Å². The molecule has 0 aromatic heterocycles. The molecule has 0 spiro atoms. The van der Waals surface area contributed by atoms with Crippen LogP contribution < -0.4 is 10.2 Å². The zero-order valence-corrected chi connectivity index (χ0v) is 10.8. The standard InChI is InChI=1S/C14H16N2O3/c1-9-6-7-12(19-9)14(18)16-8-13(17)15-10-4-2-3-5-11(10)16/h2-5,9,12H,6-8H2,1H3,(H,15,17). The van der Waals surface area contributed by atoms with Crippen molar-refractivity contribution in [3.05, 3.63) is 24.3 Å². The topological polar surface area (TPSA) is 58.6 Å². The summed E-state index contributed by atoms with van der Waals surface area (Å²) in [5.41, 5.74) is 1.42. The van der Waals surface area contributed by atoms with Gasteiger partial charge in [-0.15, -0.1) is 0 Å². The van der Waals surface area contributed by atoms with Crippen molar-refractivity contribution in [2.75, 3.05) is 16.8 Å². The van der Waals surface area contributed by atoms with Crippen molar-refractivity contribution >= 4 is 23.2 Å². The molecule has 0 bridgehead atoms. The maximum atomic E-state index is 12.5. The maximum absolute atomic E-state index is 12.5. The molecule has 0 aliphatic carbocycles. The van der Waals surface area contributed by atoms with E-state index in [-0.39, 0.29) is 24.5 Å². The van der Waals surface area contributed by atoms with Crippen molar-refractivity contribution in [3.8, 4) is 0 Å². The zero-order chi connectivity index (χ0) is 13.4. The molecule has 2 aliphatic heterocycles. The van der Waals surface area contributed by atoms with Crippen molar-refractivity contribution in [2.24, 2.45) is 0 Å². The Bertz CT molecular complexity index is 529. The smallest absolute Gasteiger partial charge is 0.256 e. The molecule has 1 fully saturated rings. The minimum atomic E-state index is -0.422. The minimum absolute atomic E-state index is 0.0596. The molecule has 2 heterocycles. The summed E-state index contributed by atoms with van der Waals surface area (Å²) >= 11 is 0. The highest BCUT2D eigenvalue weighted by atomic mass is 16.5. The molecule has 1 aromatic carbocycles. The fourth-order valence-corrected chi connectivity index (χ4v) is 2.59. The van der Waals surface area contributed by atoms with E-state index in [0.717, 1.165) is 18.5 Å². The van der Waals surface area contributed by atoms with E-state index >= 15 is 0 Å². The predicted molar refractivity (Wildman–Crippen MR) is 71.0 cm³/mol. The molecule has 2 amide bonds. The van der Waals surface area contributed by atoms with Gasteiger partial charge in [0.15, 0.2) is 0 Å². The van der Waals surface area contributed by atoms with E-state index in [9.17, 15) is 9.59 Å². The largest absolute Gasteiger partial charge is 0.365 e. The lowest BCUT2D eigenvalue weighted by molar-refractivity contribution is -0.130. The lowest BCUT2D eigenvalue weighted by Gasteiger charge is -2.30. The molecule has 1 aromatic rings. The number of ether oxygens (including phenoxy) is 1. The summed E-state index contributed by atoms with van der Waals surface area (Å²) in [6.45, 7) is 2.02. The van der Waals surface area contributed by atoms with Crippen LogP contribution in [0.1, 0.15) is 19.8 Å². The second-order valence-electron chi connectivity index (χ2n) is 5.00. The molecule has 1 N–H and O–H groups in total. The lowest BCUT2D eigenvalue weighted by Crippen LogP contribution is -2.46. The number of carbonyl (C=O) groups excluding carboxylic acids is 2. The van der Waals surface area contributed by atoms with Gasteiger partial charge in [0.25, 0.3) is 5.91 Å². The molecule has 100 valence electrons. The molecule has 0 saturated carbocycles. The molecule has 2 unspecified atom stereocenters. The third kappa shape index (κ3) is 2.21. The molecular weight excluding hydrogens is 244 g/mol. The van der Waals surface area contributed by atoms with Crippen LogP contribution in [0, 0.1) is 0 Å². The average molecular weight is 260 g/mol. The molecule has 5 nitrogen and oxygen atoms in total. The van der Waals surface area contributed by atoms with Crippen LogP contribution in [0.2, 0.25) is 0 Å². The SMILES string of the molecule is CC1CCC(C(=O)N2CC(=O)Nc3ccccc32)O1. The van der Waals surface area contributed by atoms with Crippen molar-refractivity contribution in [1.29, 1.82) is 0 Å². The van der Waals surface area contributed by atoms with Crippen LogP contribution in [0.4, 0.5) is 11.4 Å². The summed E-state index contributed by atoms with van der Waals surface area (Å²) < 4.78 is 5.60. The molecule has 3 rings (SSSR count). The number of nitrogens with zero attached hydrogens (tertiary/aromatic N) is 1. The average Bonchev–Trinajstić information content (AvgIpc) is 2.83. The Balaban J connectivity index is 1.88. The molecule has 5 heteroatoms. The van der Waals surface area contributed by atoms with Gasteiger partial charge in [-0.3, -0.25) is 14.5 Å².